The molecule has 0 bridgehead atoms. The van der Waals surface area contributed by atoms with Crippen LogP contribution in [0.4, 0.5) is 13.2 Å². The van der Waals surface area contributed by atoms with E-state index in [4.69, 9.17) is 23.5 Å². The summed E-state index contributed by atoms with van der Waals surface area (Å²) < 4.78 is 59.5. The zero-order valence-electron chi connectivity index (χ0n) is 12.5. The molecule has 2 aromatic heterocycles. The van der Waals surface area contributed by atoms with Gasteiger partial charge in [-0.25, -0.2) is 0 Å². The molecule has 2 heterocycles. The average Bonchev–Trinajstić information content (AvgIpc) is 2.68. The van der Waals surface area contributed by atoms with Gasteiger partial charge in [0.25, 0.3) is 0 Å². The maximum absolute atomic E-state index is 12.3. The van der Waals surface area contributed by atoms with E-state index in [0.29, 0.717) is 11.4 Å². The van der Waals surface area contributed by atoms with Gasteiger partial charge >= 0.3 is 67.8 Å². The molecule has 0 N–H and O–H groups in total. The van der Waals surface area contributed by atoms with E-state index in [1.807, 2.05) is 13.0 Å². The van der Waals surface area contributed by atoms with E-state index in [-0.39, 0.29) is 0 Å². The molecule has 2 aromatic rings. The fourth-order valence-corrected chi connectivity index (χ4v) is 1.33. The van der Waals surface area contributed by atoms with Crippen molar-refractivity contribution in [1.29, 1.82) is 0 Å². The molecule has 0 spiro atoms. The maximum atomic E-state index is 12.3. The first-order valence-corrected chi connectivity index (χ1v) is 9.05. The third-order valence-corrected chi connectivity index (χ3v) is 2.26. The van der Waals surface area contributed by atoms with Crippen LogP contribution in [-0.4, -0.2) is 9.97 Å². The van der Waals surface area contributed by atoms with Crippen LogP contribution in [0.3, 0.4) is 0 Å². The molecule has 25 heavy (non-hydrogen) atoms. The van der Waals surface area contributed by atoms with E-state index >= 15 is 0 Å². The zero-order chi connectivity index (χ0) is 20.5. The van der Waals surface area contributed by atoms with Crippen LogP contribution in [0.2, 0.25) is 0 Å². The number of hydrogen-bond donors (Lipinski definition) is 0. The van der Waals surface area contributed by atoms with Crippen LogP contribution in [0, 0.1) is 26.9 Å². The summed E-state index contributed by atoms with van der Waals surface area (Å²) in [5.74, 6) is 0. The first-order chi connectivity index (χ1) is 12.0. The molecule has 0 saturated carbocycles. The van der Waals surface area contributed by atoms with Gasteiger partial charge in [0.15, 0.2) is 0 Å². The van der Waals surface area contributed by atoms with Crippen LogP contribution in [0.15, 0.2) is 36.7 Å². The second-order valence-corrected chi connectivity index (χ2v) is 3.65. The Morgan fingerprint density at radius 2 is 1.24 bits per heavy atom. The molecular weight excluding hydrogens is 535 g/mol. The van der Waals surface area contributed by atoms with Gasteiger partial charge in [0.2, 0.25) is 0 Å². The normalized spacial score (nSPS) is 8.32. The van der Waals surface area contributed by atoms with E-state index in [2.05, 4.69) is 29.9 Å². The van der Waals surface area contributed by atoms with Crippen LogP contribution < -0.4 is 0 Å². The van der Waals surface area contributed by atoms with Crippen molar-refractivity contribution in [1.82, 2.24) is 9.97 Å². The van der Waals surface area contributed by atoms with Gasteiger partial charge < -0.3 is 0 Å². The number of aromatic nitrogens is 2. The number of halogens is 4. The monoisotopic (exact) mass is 544 g/mol. The van der Waals surface area contributed by atoms with Crippen molar-refractivity contribution in [2.45, 2.75) is 13.1 Å². The van der Waals surface area contributed by atoms with E-state index in [0.717, 1.165) is 17.8 Å². The fourth-order valence-electron chi connectivity index (χ4n) is 1.33. The third kappa shape index (κ3) is 11.4. The van der Waals surface area contributed by atoms with E-state index in [1.54, 1.807) is 12.3 Å². The Balaban J connectivity index is -0.000000533. The van der Waals surface area contributed by atoms with Gasteiger partial charge in [-0.3, -0.25) is 9.97 Å². The summed E-state index contributed by atoms with van der Waals surface area (Å²) in [6.07, 6.45) is -1.89. The molecule has 5 nitrogen and oxygen atoms in total. The standard InChI is InChI=1S/C12H9F3N2.3CO.ClH.Re/c1-8-2-4-10(16-6-8)11-5-3-9(7-17-11)12(13,14)15;3*1-2;;/h2-7H,1H3;;;;1H;/q;;;;;+1/p-1. The predicted octanol–water partition coefficient (Wildman–Crippen LogP) is 4.05. The van der Waals surface area contributed by atoms with Crippen molar-refractivity contribution in [2.24, 2.45) is 0 Å². The molecule has 132 valence electrons. The average molecular weight is 544 g/mol. The number of nitrogens with zero attached hydrogens (tertiary/aromatic N) is 2. The van der Waals surface area contributed by atoms with Crippen molar-refractivity contribution in [3.8, 4) is 11.4 Å². The van der Waals surface area contributed by atoms with Crippen LogP contribution >= 0.6 is 9.53 Å². The van der Waals surface area contributed by atoms with Crippen molar-refractivity contribution < 1.29 is 45.3 Å². The Bertz CT molecular complexity index is 628. The summed E-state index contributed by atoms with van der Waals surface area (Å²) >= 11 is 1.19. The van der Waals surface area contributed by atoms with Gasteiger partial charge in [-0.1, -0.05) is 6.07 Å². The molecule has 0 aliphatic carbocycles. The Morgan fingerprint density at radius 3 is 1.52 bits per heavy atom. The summed E-state index contributed by atoms with van der Waals surface area (Å²) in [6.45, 7) is 15.4. The number of hydrogen-bond acceptors (Lipinski definition) is 2. The Morgan fingerprint density at radius 1 is 0.840 bits per heavy atom. The molecule has 0 saturated heterocycles. The zero-order valence-corrected chi connectivity index (χ0v) is 15.9. The number of rotatable bonds is 1. The molecular formula is C15H9ClF3N2O3Re. The Hall–Kier alpha value is -1.74. The SMILES string of the molecule is Cc1ccc(-c2ccc(C(F)(F)F)cn2)nc1.[C-]#[O+].[C-]#[O+].[C-]#[O+].[Cl][Re]. The van der Waals surface area contributed by atoms with E-state index in [9.17, 15) is 13.2 Å². The number of alkyl halides is 3. The summed E-state index contributed by atoms with van der Waals surface area (Å²) in [4.78, 5) is 7.86. The molecule has 0 aromatic carbocycles. The van der Waals surface area contributed by atoms with Crippen molar-refractivity contribution in [3.63, 3.8) is 0 Å². The summed E-state index contributed by atoms with van der Waals surface area (Å²) in [5, 5.41) is 0. The summed E-state index contributed by atoms with van der Waals surface area (Å²) in [5.41, 5.74) is 1.22. The van der Waals surface area contributed by atoms with Gasteiger partial charge in [-0.2, -0.15) is 13.2 Å². The Labute approximate surface area is 157 Å². The van der Waals surface area contributed by atoms with E-state index < -0.39 is 11.7 Å². The number of aryl methyl sites for hydroxylation is 1. The van der Waals surface area contributed by atoms with Crippen molar-refractivity contribution in [2.75, 3.05) is 0 Å². The van der Waals surface area contributed by atoms with Crippen molar-refractivity contribution >= 4 is 9.53 Å². The molecule has 0 unspecified atom stereocenters. The van der Waals surface area contributed by atoms with Crippen LogP contribution in [0.25, 0.3) is 11.4 Å². The minimum absolute atomic E-state index is 0.429. The third-order valence-electron chi connectivity index (χ3n) is 2.26. The minimum atomic E-state index is -4.35. The van der Waals surface area contributed by atoms with Gasteiger partial charge in [0, 0.05) is 12.4 Å². The second-order valence-electron chi connectivity index (χ2n) is 3.65. The molecule has 0 fully saturated rings. The van der Waals surface area contributed by atoms with Crippen LogP contribution in [0.1, 0.15) is 11.1 Å². The first kappa shape index (κ1) is 28.1. The van der Waals surface area contributed by atoms with Crippen LogP contribution in [0.5, 0.6) is 0 Å². The van der Waals surface area contributed by atoms with E-state index in [1.165, 1.54) is 24.2 Å². The van der Waals surface area contributed by atoms with Gasteiger partial charge in [0.05, 0.1) is 17.0 Å². The fraction of sp³-hybridized carbons (Fsp3) is 0.133. The summed E-state index contributed by atoms with van der Waals surface area (Å²) in [7, 11) is 4.69. The molecule has 2 rings (SSSR count). The number of pyridine rings is 2. The predicted molar refractivity (Wildman–Crippen MR) is 74.8 cm³/mol. The van der Waals surface area contributed by atoms with Crippen LogP contribution in [-0.2, 0) is 38.3 Å². The van der Waals surface area contributed by atoms with Gasteiger partial charge in [-0.15, -0.1) is 0 Å². The second kappa shape index (κ2) is 17.1. The molecule has 0 aliphatic heterocycles. The quantitative estimate of drug-likeness (QED) is 0.401. The molecule has 10 heteroatoms. The van der Waals surface area contributed by atoms with Gasteiger partial charge in [-0.05, 0) is 30.7 Å². The Kier molecular flexibility index (Phi) is 19.2. The van der Waals surface area contributed by atoms with Gasteiger partial charge in [0.1, 0.15) is 0 Å². The topological polar surface area (TPSA) is 85.5 Å². The molecule has 0 atom stereocenters. The summed E-state index contributed by atoms with van der Waals surface area (Å²) in [6, 6.07) is 5.89. The molecule has 0 aliphatic rings. The molecule has 0 amide bonds. The first-order valence-electron chi connectivity index (χ1n) is 5.68. The van der Waals surface area contributed by atoms with Crippen molar-refractivity contribution in [3.05, 3.63) is 67.7 Å². The molecule has 0 radical (unpaired) electrons.